The predicted octanol–water partition coefficient (Wildman–Crippen LogP) is 4.50. The van der Waals surface area contributed by atoms with Gasteiger partial charge in [-0.2, -0.15) is 15.2 Å². The van der Waals surface area contributed by atoms with E-state index in [-0.39, 0.29) is 22.2 Å². The van der Waals surface area contributed by atoms with Crippen LogP contribution in [0.4, 0.5) is 11.4 Å². The minimum absolute atomic E-state index is 0.0906. The Labute approximate surface area is 193 Å². The summed E-state index contributed by atoms with van der Waals surface area (Å²) in [7, 11) is 0. The van der Waals surface area contributed by atoms with Crippen LogP contribution in [0.25, 0.3) is 11.1 Å². The zero-order valence-electron chi connectivity index (χ0n) is 17.7. The summed E-state index contributed by atoms with van der Waals surface area (Å²) < 4.78 is 0. The van der Waals surface area contributed by atoms with Gasteiger partial charge in [-0.15, -0.1) is 11.3 Å². The van der Waals surface area contributed by atoms with Crippen LogP contribution in [0.1, 0.15) is 34.1 Å². The van der Waals surface area contributed by atoms with Gasteiger partial charge in [0, 0.05) is 5.56 Å². The molecule has 33 heavy (non-hydrogen) atoms. The maximum atomic E-state index is 13.0. The van der Waals surface area contributed by atoms with Crippen molar-refractivity contribution in [1.29, 1.82) is 0 Å². The molecule has 0 saturated carbocycles. The molecule has 166 valence electrons. The Morgan fingerprint density at radius 1 is 1.18 bits per heavy atom. The molecule has 0 spiro atoms. The molecular formula is C24H20N4O4S. The van der Waals surface area contributed by atoms with E-state index in [1.165, 1.54) is 22.2 Å². The average molecular weight is 461 g/mol. The Bertz CT molecular complexity index is 1360. The molecule has 3 aromatic rings. The second-order valence-corrected chi connectivity index (χ2v) is 8.80. The first kappa shape index (κ1) is 20.9. The number of carbonyl (C=O) groups excluding carboxylic acids is 1. The number of phenolic OH excluding ortho intramolecular Hbond substituents is 1. The highest BCUT2D eigenvalue weighted by molar-refractivity contribution is 7.12. The van der Waals surface area contributed by atoms with Crippen molar-refractivity contribution in [3.63, 3.8) is 0 Å². The van der Waals surface area contributed by atoms with Crippen LogP contribution >= 0.6 is 11.3 Å². The number of benzene rings is 2. The zero-order chi connectivity index (χ0) is 23.1. The van der Waals surface area contributed by atoms with Gasteiger partial charge in [0.1, 0.15) is 10.6 Å². The number of fused-ring (bicyclic) bond motifs is 1. The van der Waals surface area contributed by atoms with E-state index in [1.807, 2.05) is 18.2 Å². The van der Waals surface area contributed by atoms with E-state index in [0.717, 1.165) is 30.6 Å². The molecule has 0 unspecified atom stereocenters. The molecule has 2 aliphatic rings. The smallest absolute Gasteiger partial charge is 0.345 e. The Balaban J connectivity index is 1.39. The number of phenols is 1. The maximum absolute atomic E-state index is 13.0. The van der Waals surface area contributed by atoms with Crippen molar-refractivity contribution in [2.24, 2.45) is 10.2 Å². The fraction of sp³-hybridized carbons (Fsp3) is 0.167. The fourth-order valence-electron chi connectivity index (χ4n) is 4.06. The molecule has 8 nitrogen and oxygen atoms in total. The molecule has 2 aromatic carbocycles. The van der Waals surface area contributed by atoms with E-state index in [4.69, 9.17) is 5.11 Å². The summed E-state index contributed by atoms with van der Waals surface area (Å²) >= 11 is 1.08. The molecule has 2 heterocycles. The number of anilines is 2. The van der Waals surface area contributed by atoms with Crippen LogP contribution < -0.4 is 10.4 Å². The first-order valence-corrected chi connectivity index (χ1v) is 11.3. The number of carbonyl (C=O) groups is 2. The second-order valence-electron chi connectivity index (χ2n) is 7.89. The fourth-order valence-corrected chi connectivity index (χ4v) is 4.81. The lowest BCUT2D eigenvalue weighted by molar-refractivity contribution is -0.112. The number of para-hydroxylation sites is 1. The van der Waals surface area contributed by atoms with Gasteiger partial charge in [0.2, 0.25) is 0 Å². The molecule has 0 fully saturated rings. The quantitative estimate of drug-likeness (QED) is 0.383. The lowest BCUT2D eigenvalue weighted by Gasteiger charge is -2.13. The van der Waals surface area contributed by atoms with E-state index in [2.05, 4.69) is 15.6 Å². The van der Waals surface area contributed by atoms with Crippen molar-refractivity contribution in [2.45, 2.75) is 26.2 Å². The maximum Gasteiger partial charge on any atom is 0.345 e. The van der Waals surface area contributed by atoms with Crippen LogP contribution in [0.5, 0.6) is 5.75 Å². The largest absolute Gasteiger partial charge is 0.505 e. The van der Waals surface area contributed by atoms with Crippen molar-refractivity contribution in [3.8, 4) is 16.9 Å². The predicted molar refractivity (Wildman–Crippen MR) is 128 cm³/mol. The van der Waals surface area contributed by atoms with Gasteiger partial charge in [-0.3, -0.25) is 10.2 Å². The summed E-state index contributed by atoms with van der Waals surface area (Å²) in [6, 6.07) is 12.5. The number of nitrogens with one attached hydrogen (secondary N) is 1. The number of aromatic carboxylic acids is 1. The van der Waals surface area contributed by atoms with Crippen LogP contribution in [0.3, 0.4) is 0 Å². The zero-order valence-corrected chi connectivity index (χ0v) is 18.5. The molecule has 0 bridgehead atoms. The van der Waals surface area contributed by atoms with Crippen LogP contribution in [0.2, 0.25) is 0 Å². The minimum atomic E-state index is -1.02. The average Bonchev–Trinajstić information content (AvgIpc) is 3.52. The van der Waals surface area contributed by atoms with E-state index in [0.29, 0.717) is 28.2 Å². The molecule has 1 aliphatic heterocycles. The third-order valence-electron chi connectivity index (χ3n) is 5.76. The van der Waals surface area contributed by atoms with Crippen molar-refractivity contribution in [3.05, 3.63) is 63.8 Å². The first-order valence-electron chi connectivity index (χ1n) is 10.4. The molecular weight excluding hydrogens is 440 g/mol. The van der Waals surface area contributed by atoms with Gasteiger partial charge in [0.05, 0.1) is 17.1 Å². The Hall–Kier alpha value is -3.98. The number of hydrogen-bond acceptors (Lipinski definition) is 7. The van der Waals surface area contributed by atoms with Crippen LogP contribution in [0.15, 0.2) is 58.0 Å². The number of hydrogen-bond donors (Lipinski definition) is 3. The summed E-state index contributed by atoms with van der Waals surface area (Å²) in [5, 5.41) is 31.5. The molecule has 1 aromatic heterocycles. The summed E-state index contributed by atoms with van der Waals surface area (Å²) in [5.74, 6) is -1.46. The van der Waals surface area contributed by atoms with Crippen LogP contribution in [-0.2, 0) is 17.6 Å². The summed E-state index contributed by atoms with van der Waals surface area (Å²) in [5.41, 5.74) is 8.01. The number of amides is 1. The van der Waals surface area contributed by atoms with Crippen molar-refractivity contribution < 1.29 is 19.8 Å². The summed E-state index contributed by atoms with van der Waals surface area (Å²) in [6.07, 6.45) is 3.19. The number of aromatic hydroxyl groups is 1. The van der Waals surface area contributed by atoms with Crippen LogP contribution in [-0.4, -0.2) is 33.5 Å². The summed E-state index contributed by atoms with van der Waals surface area (Å²) in [6.45, 7) is 1.71. The number of hydrazone groups is 2. The molecule has 1 amide bonds. The second kappa shape index (κ2) is 8.18. The normalized spacial score (nSPS) is 16.3. The molecule has 0 saturated heterocycles. The van der Waals surface area contributed by atoms with Gasteiger partial charge in [-0.25, -0.2) is 4.79 Å². The van der Waals surface area contributed by atoms with Crippen molar-refractivity contribution >= 4 is 46.0 Å². The Morgan fingerprint density at radius 2 is 2.00 bits per heavy atom. The molecule has 0 radical (unpaired) electrons. The number of carboxylic acid groups (broad SMARTS) is 1. The number of rotatable bonds is 5. The first-order chi connectivity index (χ1) is 15.9. The number of carboxylic acids is 1. The van der Waals surface area contributed by atoms with Gasteiger partial charge in [0.25, 0.3) is 0 Å². The Morgan fingerprint density at radius 3 is 2.79 bits per heavy atom. The third-order valence-corrected chi connectivity index (χ3v) is 6.68. The molecule has 3 N–H and O–H groups in total. The van der Waals surface area contributed by atoms with Gasteiger partial charge in [-0.05, 0) is 72.5 Å². The highest BCUT2D eigenvalue weighted by Crippen LogP contribution is 2.37. The highest BCUT2D eigenvalue weighted by atomic mass is 32.1. The lowest BCUT2D eigenvalue weighted by atomic mass is 10.1. The van der Waals surface area contributed by atoms with Gasteiger partial charge in [-0.1, -0.05) is 18.2 Å². The number of aryl methyl sites for hydroxylation is 2. The lowest BCUT2D eigenvalue weighted by Crippen LogP contribution is -2.28. The van der Waals surface area contributed by atoms with E-state index in [9.17, 15) is 14.7 Å². The molecule has 0 atom stereocenters. The Kier molecular flexibility index (Phi) is 5.18. The minimum Gasteiger partial charge on any atom is -0.505 e. The van der Waals surface area contributed by atoms with Crippen molar-refractivity contribution in [1.82, 2.24) is 0 Å². The third kappa shape index (κ3) is 3.76. The number of thiophene rings is 1. The van der Waals surface area contributed by atoms with Crippen LogP contribution in [0, 0.1) is 0 Å². The van der Waals surface area contributed by atoms with E-state index in [1.54, 1.807) is 30.5 Å². The van der Waals surface area contributed by atoms with E-state index < -0.39 is 5.97 Å². The summed E-state index contributed by atoms with van der Waals surface area (Å²) in [4.78, 5) is 24.3. The van der Waals surface area contributed by atoms with Crippen molar-refractivity contribution in [2.75, 3.05) is 10.4 Å². The molecule has 1 aliphatic carbocycles. The SMILES string of the molecule is CC1=NN(c2ccc3c(c2)CCC3)C(=O)C1=NNc1cccc(-c2csc(C(=O)O)c2)c1O. The molecule has 9 heteroatoms. The van der Waals surface area contributed by atoms with Gasteiger partial charge < -0.3 is 10.2 Å². The number of nitrogens with zero attached hydrogens (tertiary/aromatic N) is 3. The van der Waals surface area contributed by atoms with E-state index >= 15 is 0 Å². The van der Waals surface area contributed by atoms with Gasteiger partial charge in [0.15, 0.2) is 5.71 Å². The highest BCUT2D eigenvalue weighted by Gasteiger charge is 2.31. The van der Waals surface area contributed by atoms with Gasteiger partial charge >= 0.3 is 11.9 Å². The topological polar surface area (TPSA) is 115 Å². The molecule has 5 rings (SSSR count). The standard InChI is InChI=1S/C24H20N4O4S/c1-13-21(23(30)28(27-13)17-9-8-14-4-2-5-15(14)10-17)26-25-19-7-3-6-18(22(19)29)16-11-20(24(31)32)33-12-16/h3,6-12,25,29H,2,4-5H2,1H3,(H,31,32). The monoisotopic (exact) mass is 460 g/mol.